The van der Waals surface area contributed by atoms with Gasteiger partial charge in [-0.15, -0.1) is 0 Å². The minimum Gasteiger partial charge on any atom is -0.383 e. The SMILES string of the molecule is COCCNC(=O)/C(C#N)=C/c1cc([N+](=O)[O-])ccc1N1CCOCC1. The predicted octanol–water partition coefficient (Wildman–Crippen LogP) is 1.10. The number of morpholine rings is 1. The molecule has 9 heteroatoms. The molecule has 1 heterocycles. The van der Waals surface area contributed by atoms with E-state index in [1.165, 1.54) is 25.3 Å². The third-order valence-corrected chi connectivity index (χ3v) is 3.83. The Balaban J connectivity index is 2.36. The van der Waals surface area contributed by atoms with Crippen molar-refractivity contribution >= 4 is 23.4 Å². The van der Waals surface area contributed by atoms with Gasteiger partial charge >= 0.3 is 0 Å². The van der Waals surface area contributed by atoms with Crippen LogP contribution in [0.3, 0.4) is 0 Å². The minimum atomic E-state index is -0.552. The number of nitro groups is 1. The molecule has 0 atom stereocenters. The Morgan fingerprint density at radius 2 is 2.23 bits per heavy atom. The zero-order valence-electron chi connectivity index (χ0n) is 14.4. The van der Waals surface area contributed by atoms with E-state index in [2.05, 4.69) is 5.32 Å². The summed E-state index contributed by atoms with van der Waals surface area (Å²) in [5.41, 5.74) is 0.928. The summed E-state index contributed by atoms with van der Waals surface area (Å²) in [6.07, 6.45) is 1.37. The average molecular weight is 360 g/mol. The zero-order valence-corrected chi connectivity index (χ0v) is 14.4. The summed E-state index contributed by atoms with van der Waals surface area (Å²) in [5.74, 6) is -0.552. The molecule has 26 heavy (non-hydrogen) atoms. The van der Waals surface area contributed by atoms with Crippen molar-refractivity contribution in [1.29, 1.82) is 5.26 Å². The molecule has 138 valence electrons. The van der Waals surface area contributed by atoms with Crippen LogP contribution in [0.2, 0.25) is 0 Å². The first-order valence-corrected chi connectivity index (χ1v) is 8.07. The summed E-state index contributed by atoms with van der Waals surface area (Å²) in [4.78, 5) is 24.7. The predicted molar refractivity (Wildman–Crippen MR) is 94.6 cm³/mol. The lowest BCUT2D eigenvalue weighted by molar-refractivity contribution is -0.384. The smallest absolute Gasteiger partial charge is 0.270 e. The van der Waals surface area contributed by atoms with Crippen molar-refractivity contribution in [3.63, 3.8) is 0 Å². The molecule has 1 N–H and O–H groups in total. The highest BCUT2D eigenvalue weighted by atomic mass is 16.6. The molecule has 1 amide bonds. The van der Waals surface area contributed by atoms with Gasteiger partial charge in [-0.3, -0.25) is 14.9 Å². The van der Waals surface area contributed by atoms with E-state index in [0.717, 1.165) is 5.69 Å². The van der Waals surface area contributed by atoms with Crippen LogP contribution in [0.15, 0.2) is 23.8 Å². The van der Waals surface area contributed by atoms with E-state index in [0.29, 0.717) is 38.5 Å². The van der Waals surface area contributed by atoms with E-state index >= 15 is 0 Å². The summed E-state index contributed by atoms with van der Waals surface area (Å²) < 4.78 is 10.2. The maximum Gasteiger partial charge on any atom is 0.270 e. The molecular formula is C17H20N4O5. The molecular weight excluding hydrogens is 340 g/mol. The maximum atomic E-state index is 12.1. The number of anilines is 1. The number of hydrogen-bond acceptors (Lipinski definition) is 7. The quantitative estimate of drug-likeness (QED) is 0.254. The normalized spacial score (nSPS) is 14.6. The number of non-ortho nitro benzene ring substituents is 1. The zero-order chi connectivity index (χ0) is 18.9. The Hall–Kier alpha value is -2.96. The highest BCUT2D eigenvalue weighted by Crippen LogP contribution is 2.28. The number of methoxy groups -OCH3 is 1. The Morgan fingerprint density at radius 3 is 2.85 bits per heavy atom. The number of rotatable bonds is 7. The van der Waals surface area contributed by atoms with Crippen molar-refractivity contribution in [2.45, 2.75) is 0 Å². The number of nitrogens with one attached hydrogen (secondary N) is 1. The van der Waals surface area contributed by atoms with Gasteiger partial charge in [0.25, 0.3) is 11.6 Å². The number of carbonyl (C=O) groups is 1. The second kappa shape index (κ2) is 9.50. The Kier molecular flexibility index (Phi) is 7.08. The highest BCUT2D eigenvalue weighted by Gasteiger charge is 2.18. The molecule has 0 aromatic heterocycles. The molecule has 0 radical (unpaired) electrons. The Labute approximate surface area is 150 Å². The van der Waals surface area contributed by atoms with Gasteiger partial charge in [0.05, 0.1) is 24.7 Å². The van der Waals surface area contributed by atoms with Crippen molar-refractivity contribution in [2.75, 3.05) is 51.5 Å². The molecule has 0 saturated carbocycles. The average Bonchev–Trinajstić information content (AvgIpc) is 2.66. The number of nitrogens with zero attached hydrogens (tertiary/aromatic N) is 3. The lowest BCUT2D eigenvalue weighted by atomic mass is 10.1. The van der Waals surface area contributed by atoms with Crippen LogP contribution in [0.5, 0.6) is 0 Å². The molecule has 1 aromatic rings. The van der Waals surface area contributed by atoms with Crippen molar-refractivity contribution < 1.29 is 19.2 Å². The van der Waals surface area contributed by atoms with E-state index in [1.54, 1.807) is 6.07 Å². The van der Waals surface area contributed by atoms with Crippen LogP contribution < -0.4 is 10.2 Å². The molecule has 1 fully saturated rings. The number of nitriles is 1. The van der Waals surface area contributed by atoms with Crippen molar-refractivity contribution in [3.05, 3.63) is 39.4 Å². The minimum absolute atomic E-state index is 0.106. The van der Waals surface area contributed by atoms with Crippen LogP contribution in [0.4, 0.5) is 11.4 Å². The van der Waals surface area contributed by atoms with Crippen molar-refractivity contribution in [2.24, 2.45) is 0 Å². The van der Waals surface area contributed by atoms with Gasteiger partial charge in [-0.2, -0.15) is 5.26 Å². The van der Waals surface area contributed by atoms with Crippen LogP contribution in [0.25, 0.3) is 6.08 Å². The fourth-order valence-electron chi connectivity index (χ4n) is 2.53. The van der Waals surface area contributed by atoms with E-state index in [-0.39, 0.29) is 17.8 Å². The largest absolute Gasteiger partial charge is 0.383 e. The standard InChI is InChI=1S/C17H20N4O5/c1-25-7-4-19-17(22)14(12-18)10-13-11-15(21(23)24)2-3-16(13)20-5-8-26-9-6-20/h2-3,10-11H,4-9H2,1H3,(H,19,22)/b14-10+. The lowest BCUT2D eigenvalue weighted by Gasteiger charge is -2.30. The van der Waals surface area contributed by atoms with Crippen molar-refractivity contribution in [3.8, 4) is 6.07 Å². The molecule has 9 nitrogen and oxygen atoms in total. The summed E-state index contributed by atoms with van der Waals surface area (Å²) >= 11 is 0. The molecule has 0 aliphatic carbocycles. The second-order valence-corrected chi connectivity index (χ2v) is 5.52. The number of amides is 1. The highest BCUT2D eigenvalue weighted by molar-refractivity contribution is 6.02. The second-order valence-electron chi connectivity index (χ2n) is 5.52. The first-order chi connectivity index (χ1) is 12.6. The number of ether oxygens (including phenoxy) is 2. The number of carbonyl (C=O) groups excluding carboxylic acids is 1. The Morgan fingerprint density at radius 1 is 1.50 bits per heavy atom. The molecule has 1 aliphatic rings. The summed E-state index contributed by atoms with van der Waals surface area (Å²) in [6.45, 7) is 2.92. The van der Waals surface area contributed by atoms with Crippen LogP contribution in [-0.2, 0) is 14.3 Å². The molecule has 1 saturated heterocycles. The summed E-state index contributed by atoms with van der Waals surface area (Å²) in [5, 5.41) is 23.0. The first-order valence-electron chi connectivity index (χ1n) is 8.07. The van der Waals surface area contributed by atoms with Gasteiger partial charge in [-0.05, 0) is 12.1 Å². The molecule has 1 aromatic carbocycles. The number of nitro benzene ring substituents is 1. The van der Waals surface area contributed by atoms with Gasteiger partial charge in [0.15, 0.2) is 0 Å². The monoisotopic (exact) mass is 360 g/mol. The number of hydrogen-bond donors (Lipinski definition) is 1. The van der Waals surface area contributed by atoms with Gasteiger partial charge in [-0.25, -0.2) is 0 Å². The van der Waals surface area contributed by atoms with Crippen LogP contribution in [0.1, 0.15) is 5.56 Å². The molecule has 1 aliphatic heterocycles. The Bertz CT molecular complexity index is 735. The van der Waals surface area contributed by atoms with Crippen LogP contribution >= 0.6 is 0 Å². The van der Waals surface area contributed by atoms with E-state index in [1.807, 2.05) is 11.0 Å². The molecule has 0 unspecified atom stereocenters. The van der Waals surface area contributed by atoms with Gasteiger partial charge < -0.3 is 19.7 Å². The van der Waals surface area contributed by atoms with E-state index in [4.69, 9.17) is 9.47 Å². The fraction of sp³-hybridized carbons (Fsp3) is 0.412. The molecule has 0 bridgehead atoms. The third kappa shape index (κ3) is 5.02. The van der Waals surface area contributed by atoms with E-state index in [9.17, 15) is 20.2 Å². The van der Waals surface area contributed by atoms with E-state index < -0.39 is 10.8 Å². The first kappa shape index (κ1) is 19.4. The lowest BCUT2D eigenvalue weighted by Crippen LogP contribution is -2.36. The molecule has 0 spiro atoms. The van der Waals surface area contributed by atoms with Gasteiger partial charge in [0, 0.05) is 50.1 Å². The van der Waals surface area contributed by atoms with Gasteiger partial charge in [0.2, 0.25) is 0 Å². The summed E-state index contributed by atoms with van der Waals surface area (Å²) in [6, 6.07) is 6.26. The molecule has 2 rings (SSSR count). The van der Waals surface area contributed by atoms with Crippen LogP contribution in [0, 0.1) is 21.4 Å². The fourth-order valence-corrected chi connectivity index (χ4v) is 2.53. The van der Waals surface area contributed by atoms with Crippen molar-refractivity contribution in [1.82, 2.24) is 5.32 Å². The topological polar surface area (TPSA) is 118 Å². The summed E-state index contributed by atoms with van der Waals surface area (Å²) in [7, 11) is 1.50. The van der Waals surface area contributed by atoms with Gasteiger partial charge in [-0.1, -0.05) is 0 Å². The van der Waals surface area contributed by atoms with Gasteiger partial charge in [0.1, 0.15) is 11.6 Å². The van der Waals surface area contributed by atoms with Crippen LogP contribution in [-0.4, -0.2) is 57.4 Å². The maximum absolute atomic E-state index is 12.1. The number of benzene rings is 1. The third-order valence-electron chi connectivity index (χ3n) is 3.83.